The van der Waals surface area contributed by atoms with Gasteiger partial charge >= 0.3 is 0 Å². The number of ether oxygens (including phenoxy) is 1. The second-order valence-corrected chi connectivity index (χ2v) is 6.58. The molecule has 0 saturated heterocycles. The summed E-state index contributed by atoms with van der Waals surface area (Å²) in [6, 6.07) is 22.3. The van der Waals surface area contributed by atoms with Gasteiger partial charge in [-0.3, -0.25) is 10.1 Å². The van der Waals surface area contributed by atoms with Crippen LogP contribution >= 0.6 is 15.9 Å². The van der Waals surface area contributed by atoms with Gasteiger partial charge in [0.15, 0.2) is 0 Å². The summed E-state index contributed by atoms with van der Waals surface area (Å²) >= 11 is 3.41. The molecule has 0 atom stereocenters. The first-order valence-corrected chi connectivity index (χ1v) is 8.79. The van der Waals surface area contributed by atoms with E-state index in [1.807, 2.05) is 60.7 Å². The van der Waals surface area contributed by atoms with Gasteiger partial charge in [-0.25, -0.2) is 0 Å². The Morgan fingerprint density at radius 2 is 1.38 bits per heavy atom. The van der Waals surface area contributed by atoms with Crippen molar-refractivity contribution in [3.63, 3.8) is 0 Å². The van der Waals surface area contributed by atoms with Crippen molar-refractivity contribution >= 4 is 33.8 Å². The van der Waals surface area contributed by atoms with Gasteiger partial charge in [0.05, 0.1) is 4.92 Å². The highest BCUT2D eigenvalue weighted by molar-refractivity contribution is 9.10. The van der Waals surface area contributed by atoms with E-state index in [0.29, 0.717) is 6.61 Å². The zero-order valence-corrected chi connectivity index (χ0v) is 15.4. The molecule has 26 heavy (non-hydrogen) atoms. The molecule has 3 aromatic carbocycles. The molecule has 0 N–H and O–H groups in total. The molecule has 0 aromatic heterocycles. The van der Waals surface area contributed by atoms with Crippen LogP contribution < -0.4 is 4.74 Å². The van der Waals surface area contributed by atoms with Crippen molar-refractivity contribution in [2.24, 2.45) is 0 Å². The van der Waals surface area contributed by atoms with Gasteiger partial charge in [-0.2, -0.15) is 0 Å². The van der Waals surface area contributed by atoms with E-state index in [2.05, 4.69) is 15.9 Å². The molecule has 0 amide bonds. The fourth-order valence-electron chi connectivity index (χ4n) is 2.32. The van der Waals surface area contributed by atoms with Gasteiger partial charge in [0, 0.05) is 16.6 Å². The van der Waals surface area contributed by atoms with E-state index in [9.17, 15) is 10.1 Å². The maximum atomic E-state index is 10.7. The van der Waals surface area contributed by atoms with Gasteiger partial charge in [0.25, 0.3) is 5.69 Å². The number of rotatable bonds is 6. The maximum absolute atomic E-state index is 10.7. The molecule has 0 aliphatic carbocycles. The average Bonchev–Trinajstić information content (AvgIpc) is 2.67. The van der Waals surface area contributed by atoms with Gasteiger partial charge in [-0.1, -0.05) is 52.3 Å². The quantitative estimate of drug-likeness (QED) is 0.280. The Morgan fingerprint density at radius 1 is 0.846 bits per heavy atom. The van der Waals surface area contributed by atoms with Crippen molar-refractivity contribution in [3.05, 3.63) is 104 Å². The molecule has 0 spiro atoms. The van der Waals surface area contributed by atoms with Gasteiger partial charge in [0.2, 0.25) is 0 Å². The van der Waals surface area contributed by atoms with Crippen LogP contribution in [0.25, 0.3) is 12.2 Å². The molecule has 0 bridgehead atoms. The summed E-state index contributed by atoms with van der Waals surface area (Å²) in [5.74, 6) is 0.806. The van der Waals surface area contributed by atoms with E-state index in [4.69, 9.17) is 4.74 Å². The van der Waals surface area contributed by atoms with Crippen molar-refractivity contribution < 1.29 is 9.66 Å². The number of halogens is 1. The fraction of sp³-hybridized carbons (Fsp3) is 0.0476. The lowest BCUT2D eigenvalue weighted by Crippen LogP contribution is -1.94. The van der Waals surface area contributed by atoms with Crippen LogP contribution in [-0.2, 0) is 6.61 Å². The highest BCUT2D eigenvalue weighted by Gasteiger charge is 2.02. The number of benzene rings is 3. The Kier molecular flexibility index (Phi) is 5.81. The summed E-state index contributed by atoms with van der Waals surface area (Å²) in [7, 11) is 0. The average molecular weight is 410 g/mol. The normalized spacial score (nSPS) is 10.8. The predicted molar refractivity (Wildman–Crippen MR) is 107 cm³/mol. The summed E-state index contributed by atoms with van der Waals surface area (Å²) in [4.78, 5) is 10.3. The smallest absolute Gasteiger partial charge is 0.269 e. The van der Waals surface area contributed by atoms with E-state index < -0.39 is 4.92 Å². The predicted octanol–water partition coefficient (Wildman–Crippen LogP) is 6.11. The lowest BCUT2D eigenvalue weighted by Gasteiger charge is -2.06. The van der Waals surface area contributed by atoms with Gasteiger partial charge in [-0.05, 0) is 53.1 Å². The highest BCUT2D eigenvalue weighted by Crippen LogP contribution is 2.18. The molecule has 4 nitrogen and oxygen atoms in total. The number of nitro groups is 1. The number of nitro benzene ring substituents is 1. The Balaban J connectivity index is 1.58. The molecule has 0 unspecified atom stereocenters. The zero-order chi connectivity index (χ0) is 18.4. The van der Waals surface area contributed by atoms with E-state index in [-0.39, 0.29) is 5.69 Å². The van der Waals surface area contributed by atoms with Crippen LogP contribution in [0, 0.1) is 10.1 Å². The number of nitrogens with zero attached hydrogens (tertiary/aromatic N) is 1. The van der Waals surface area contributed by atoms with E-state index in [0.717, 1.165) is 26.9 Å². The first-order chi connectivity index (χ1) is 12.6. The summed E-state index contributed by atoms with van der Waals surface area (Å²) in [5.41, 5.74) is 3.13. The first kappa shape index (κ1) is 17.9. The van der Waals surface area contributed by atoms with Crippen LogP contribution in [0.1, 0.15) is 16.7 Å². The lowest BCUT2D eigenvalue weighted by molar-refractivity contribution is -0.384. The van der Waals surface area contributed by atoms with E-state index in [1.165, 1.54) is 12.1 Å². The molecule has 0 saturated carbocycles. The SMILES string of the molecule is O=[N+]([O-])c1ccc(/C=C/c2ccc(OCc3ccc(Br)cc3)cc2)cc1. The maximum Gasteiger partial charge on any atom is 0.269 e. The Hall–Kier alpha value is -2.92. The van der Waals surface area contributed by atoms with E-state index in [1.54, 1.807) is 12.1 Å². The Morgan fingerprint density at radius 3 is 1.92 bits per heavy atom. The van der Waals surface area contributed by atoms with Gasteiger partial charge in [-0.15, -0.1) is 0 Å². The fourth-order valence-corrected chi connectivity index (χ4v) is 2.59. The molecule has 130 valence electrons. The molecule has 0 radical (unpaired) electrons. The molecule has 0 fully saturated rings. The third kappa shape index (κ3) is 5.04. The number of non-ortho nitro benzene ring substituents is 1. The molecule has 3 aromatic rings. The molecular weight excluding hydrogens is 394 g/mol. The van der Waals surface area contributed by atoms with Gasteiger partial charge in [0.1, 0.15) is 12.4 Å². The third-order valence-electron chi connectivity index (χ3n) is 3.77. The summed E-state index contributed by atoms with van der Waals surface area (Å²) in [6.07, 6.45) is 3.88. The van der Waals surface area contributed by atoms with Gasteiger partial charge < -0.3 is 4.74 Å². The van der Waals surface area contributed by atoms with Crippen LogP contribution in [0.2, 0.25) is 0 Å². The summed E-state index contributed by atoms with van der Waals surface area (Å²) in [6.45, 7) is 0.519. The minimum absolute atomic E-state index is 0.0921. The summed E-state index contributed by atoms with van der Waals surface area (Å²) < 4.78 is 6.83. The lowest BCUT2D eigenvalue weighted by atomic mass is 10.1. The van der Waals surface area contributed by atoms with Crippen LogP contribution in [0.3, 0.4) is 0 Å². The Labute approximate surface area is 160 Å². The van der Waals surface area contributed by atoms with Crippen LogP contribution in [0.4, 0.5) is 5.69 Å². The Bertz CT molecular complexity index is 901. The molecule has 0 heterocycles. The molecule has 0 aliphatic heterocycles. The van der Waals surface area contributed by atoms with Crippen molar-refractivity contribution in [1.82, 2.24) is 0 Å². The standard InChI is InChI=1S/C21H16BrNO3/c22-19-9-3-18(4-10-19)15-26-21-13-7-17(8-14-21)2-1-16-5-11-20(12-6-16)23(24)25/h1-14H,15H2/b2-1+. The number of hydrogen-bond acceptors (Lipinski definition) is 3. The molecule has 0 aliphatic rings. The first-order valence-electron chi connectivity index (χ1n) is 8.00. The van der Waals surface area contributed by atoms with Crippen molar-refractivity contribution in [1.29, 1.82) is 0 Å². The zero-order valence-electron chi connectivity index (χ0n) is 13.8. The summed E-state index contributed by atoms with van der Waals surface area (Å²) in [5, 5.41) is 10.7. The topological polar surface area (TPSA) is 52.4 Å². The van der Waals surface area contributed by atoms with Crippen molar-refractivity contribution in [3.8, 4) is 5.75 Å². The number of hydrogen-bond donors (Lipinski definition) is 0. The van der Waals surface area contributed by atoms with Crippen molar-refractivity contribution in [2.75, 3.05) is 0 Å². The second-order valence-electron chi connectivity index (χ2n) is 5.67. The largest absolute Gasteiger partial charge is 0.489 e. The highest BCUT2D eigenvalue weighted by atomic mass is 79.9. The minimum Gasteiger partial charge on any atom is -0.489 e. The minimum atomic E-state index is -0.402. The van der Waals surface area contributed by atoms with Crippen LogP contribution in [-0.4, -0.2) is 4.92 Å². The third-order valence-corrected chi connectivity index (χ3v) is 4.30. The molecular formula is C21H16BrNO3. The van der Waals surface area contributed by atoms with Crippen molar-refractivity contribution in [2.45, 2.75) is 6.61 Å². The van der Waals surface area contributed by atoms with E-state index >= 15 is 0 Å². The molecule has 3 rings (SSSR count). The molecule has 5 heteroatoms. The van der Waals surface area contributed by atoms with Crippen LogP contribution in [0.15, 0.2) is 77.3 Å². The second kappa shape index (κ2) is 8.45. The monoisotopic (exact) mass is 409 g/mol. The van der Waals surface area contributed by atoms with Crippen LogP contribution in [0.5, 0.6) is 5.75 Å².